The van der Waals surface area contributed by atoms with Crippen LogP contribution in [0.4, 0.5) is 5.13 Å². The van der Waals surface area contributed by atoms with Gasteiger partial charge in [-0.3, -0.25) is 10.1 Å². The highest BCUT2D eigenvalue weighted by molar-refractivity contribution is 8.01. The van der Waals surface area contributed by atoms with Crippen molar-refractivity contribution >= 4 is 34.1 Å². The van der Waals surface area contributed by atoms with Gasteiger partial charge in [-0.2, -0.15) is 0 Å². The van der Waals surface area contributed by atoms with Gasteiger partial charge in [0.1, 0.15) is 11.8 Å². The molecule has 1 aromatic heterocycles. The zero-order chi connectivity index (χ0) is 18.0. The number of aromatic hydroxyl groups is 1. The van der Waals surface area contributed by atoms with E-state index in [0.29, 0.717) is 11.6 Å². The Bertz CT molecular complexity index is 780. The third-order valence-electron chi connectivity index (χ3n) is 4.14. The third-order valence-corrected chi connectivity index (χ3v) is 6.00. The normalized spacial score (nSPS) is 20.0. The maximum absolute atomic E-state index is 12.4. The first-order valence-electron chi connectivity index (χ1n) is 8.06. The molecule has 0 spiro atoms. The van der Waals surface area contributed by atoms with Crippen LogP contribution in [0.2, 0.25) is 0 Å². The van der Waals surface area contributed by atoms with E-state index in [1.807, 2.05) is 26.8 Å². The van der Waals surface area contributed by atoms with Gasteiger partial charge >= 0.3 is 0 Å². The summed E-state index contributed by atoms with van der Waals surface area (Å²) in [6.07, 6.45) is 0.539. The number of anilines is 1. The van der Waals surface area contributed by atoms with Gasteiger partial charge in [0.15, 0.2) is 4.34 Å². The lowest BCUT2D eigenvalue weighted by Crippen LogP contribution is -2.39. The fourth-order valence-electron chi connectivity index (χ4n) is 2.67. The average Bonchev–Trinajstić information content (AvgIpc) is 3.21. The van der Waals surface area contributed by atoms with Crippen LogP contribution in [-0.4, -0.2) is 33.0 Å². The van der Waals surface area contributed by atoms with Crippen LogP contribution in [0.25, 0.3) is 0 Å². The van der Waals surface area contributed by atoms with E-state index in [1.165, 1.54) is 11.3 Å². The summed E-state index contributed by atoms with van der Waals surface area (Å²) in [6, 6.07) is 3.19. The molecule has 1 aliphatic rings. The summed E-state index contributed by atoms with van der Waals surface area (Å²) in [4.78, 5) is 12.4. The van der Waals surface area contributed by atoms with Crippen molar-refractivity contribution in [2.24, 2.45) is 0 Å². The fraction of sp³-hybridized carbons (Fsp3) is 0.438. The Morgan fingerprint density at radius 1 is 1.36 bits per heavy atom. The first kappa shape index (κ1) is 18.1. The molecule has 3 rings (SSSR count). The Hall–Kier alpha value is -1.68. The molecule has 2 atom stereocenters. The molecule has 1 aromatic carbocycles. The van der Waals surface area contributed by atoms with E-state index < -0.39 is 6.04 Å². The lowest BCUT2D eigenvalue weighted by atomic mass is 9.97. The lowest BCUT2D eigenvalue weighted by molar-refractivity contribution is -0.117. The molecule has 2 aromatic rings. The number of amides is 1. The molecule has 1 aliphatic heterocycles. The number of hydrazine groups is 1. The smallest absolute Gasteiger partial charge is 0.244 e. The van der Waals surface area contributed by atoms with Crippen molar-refractivity contribution in [2.45, 2.75) is 43.6 Å². The van der Waals surface area contributed by atoms with E-state index in [4.69, 9.17) is 0 Å². The monoisotopic (exact) mass is 379 g/mol. The number of hydrogen-bond donors (Lipinski definition) is 4. The maximum Gasteiger partial charge on any atom is 0.244 e. The topological polar surface area (TPSA) is 99.2 Å². The Balaban J connectivity index is 1.64. The second-order valence-electron chi connectivity index (χ2n) is 5.92. The molecule has 1 amide bonds. The molecule has 0 radical (unpaired) electrons. The van der Waals surface area contributed by atoms with Crippen LogP contribution in [0.1, 0.15) is 36.1 Å². The Labute approximate surface area is 154 Å². The van der Waals surface area contributed by atoms with Gasteiger partial charge in [0, 0.05) is 5.56 Å². The van der Waals surface area contributed by atoms with Crippen LogP contribution in [0.3, 0.4) is 0 Å². The van der Waals surface area contributed by atoms with Crippen molar-refractivity contribution in [3.05, 3.63) is 28.8 Å². The summed E-state index contributed by atoms with van der Waals surface area (Å²) in [5.41, 5.74) is 9.04. The zero-order valence-electron chi connectivity index (χ0n) is 14.3. The number of thioether (sulfide) groups is 1. The van der Waals surface area contributed by atoms with Crippen molar-refractivity contribution in [3.8, 4) is 5.75 Å². The van der Waals surface area contributed by atoms with E-state index in [2.05, 4.69) is 26.4 Å². The van der Waals surface area contributed by atoms with Gasteiger partial charge < -0.3 is 5.11 Å². The minimum atomic E-state index is -0.405. The summed E-state index contributed by atoms with van der Waals surface area (Å²) in [5.74, 6) is 0.994. The Morgan fingerprint density at radius 3 is 2.88 bits per heavy atom. The highest BCUT2D eigenvalue weighted by Crippen LogP contribution is 2.32. The molecular formula is C16H21N5O2S2. The number of carbonyl (C=O) groups excluding carboxylic acids is 1. The highest BCUT2D eigenvalue weighted by atomic mass is 32.2. The molecule has 4 N–H and O–H groups in total. The molecule has 0 aliphatic carbocycles. The van der Waals surface area contributed by atoms with Gasteiger partial charge in [0.25, 0.3) is 0 Å². The van der Waals surface area contributed by atoms with Crippen LogP contribution in [0.5, 0.6) is 5.75 Å². The lowest BCUT2D eigenvalue weighted by Gasteiger charge is -2.14. The quantitative estimate of drug-likeness (QED) is 0.468. The number of nitrogens with one attached hydrogen (secondary N) is 3. The van der Waals surface area contributed by atoms with Crippen molar-refractivity contribution in [1.82, 2.24) is 21.0 Å². The summed E-state index contributed by atoms with van der Waals surface area (Å²) in [7, 11) is 0. The first-order chi connectivity index (χ1) is 12.0. The second-order valence-corrected chi connectivity index (χ2v) is 8.41. The molecule has 134 valence electrons. The number of nitrogens with zero attached hydrogens (tertiary/aromatic N) is 2. The van der Waals surface area contributed by atoms with Gasteiger partial charge in [-0.05, 0) is 43.2 Å². The maximum atomic E-state index is 12.4. The molecule has 0 saturated carbocycles. The Morgan fingerprint density at radius 2 is 2.12 bits per heavy atom. The molecule has 7 nitrogen and oxygen atoms in total. The number of carbonyl (C=O) groups is 1. The zero-order valence-corrected chi connectivity index (χ0v) is 15.9. The molecule has 25 heavy (non-hydrogen) atoms. The minimum Gasteiger partial charge on any atom is -0.508 e. The van der Waals surface area contributed by atoms with Crippen LogP contribution >= 0.6 is 23.1 Å². The van der Waals surface area contributed by atoms with E-state index >= 15 is 0 Å². The predicted molar refractivity (Wildman–Crippen MR) is 99.9 cm³/mol. The third kappa shape index (κ3) is 4.12. The van der Waals surface area contributed by atoms with Crippen molar-refractivity contribution in [2.75, 3.05) is 11.1 Å². The van der Waals surface area contributed by atoms with Gasteiger partial charge in [-0.25, -0.2) is 10.9 Å². The molecule has 9 heteroatoms. The average molecular weight is 380 g/mol. The standard InChI is InChI=1S/C16H21N5O2S2/c1-4-24-16-21-20-15(25-16)17-14(23)12-7-11(18-19-12)10-5-8(2)9(3)6-13(10)22/h5-6,11-12,18-19,22H,4,7H2,1-3H3,(H,17,20,23). The molecule has 2 unspecified atom stereocenters. The van der Waals surface area contributed by atoms with E-state index in [9.17, 15) is 9.90 Å². The number of phenolic OH excluding ortho intramolecular Hbond substituents is 1. The first-order valence-corrected chi connectivity index (χ1v) is 9.86. The molecule has 2 heterocycles. The van der Waals surface area contributed by atoms with Crippen molar-refractivity contribution in [3.63, 3.8) is 0 Å². The number of aryl methyl sites for hydroxylation is 2. The van der Waals surface area contributed by atoms with Gasteiger partial charge in [0.05, 0.1) is 6.04 Å². The van der Waals surface area contributed by atoms with Gasteiger partial charge in [0.2, 0.25) is 11.0 Å². The number of rotatable bonds is 5. The summed E-state index contributed by atoms with van der Waals surface area (Å²) >= 11 is 2.96. The van der Waals surface area contributed by atoms with Crippen molar-refractivity contribution < 1.29 is 9.90 Å². The van der Waals surface area contributed by atoms with Crippen molar-refractivity contribution in [1.29, 1.82) is 0 Å². The molecular weight excluding hydrogens is 358 g/mol. The number of benzene rings is 1. The summed E-state index contributed by atoms with van der Waals surface area (Å²) in [5, 5.41) is 21.5. The Kier molecular flexibility index (Phi) is 5.57. The molecule has 1 fully saturated rings. The van der Waals surface area contributed by atoms with E-state index in [1.54, 1.807) is 17.8 Å². The number of hydrogen-bond acceptors (Lipinski definition) is 8. The second kappa shape index (κ2) is 7.69. The number of aromatic nitrogens is 2. The van der Waals surface area contributed by atoms with E-state index in [-0.39, 0.29) is 17.7 Å². The van der Waals surface area contributed by atoms with Crippen LogP contribution < -0.4 is 16.2 Å². The fourth-order valence-corrected chi connectivity index (χ4v) is 4.32. The summed E-state index contributed by atoms with van der Waals surface area (Å²) in [6.45, 7) is 6.01. The SMILES string of the molecule is CCSc1nnc(NC(=O)C2CC(c3cc(C)c(C)cc3O)NN2)s1. The van der Waals surface area contributed by atoms with Gasteiger partial charge in [-0.15, -0.1) is 10.2 Å². The van der Waals surface area contributed by atoms with E-state index in [0.717, 1.165) is 26.8 Å². The minimum absolute atomic E-state index is 0.129. The predicted octanol–water partition coefficient (Wildman–Crippen LogP) is 2.52. The van der Waals surface area contributed by atoms with Crippen LogP contribution in [-0.2, 0) is 4.79 Å². The summed E-state index contributed by atoms with van der Waals surface area (Å²) < 4.78 is 0.841. The molecule has 1 saturated heterocycles. The van der Waals surface area contributed by atoms with Crippen LogP contribution in [0, 0.1) is 13.8 Å². The highest BCUT2D eigenvalue weighted by Gasteiger charge is 2.32. The largest absolute Gasteiger partial charge is 0.508 e. The van der Waals surface area contributed by atoms with Crippen LogP contribution in [0.15, 0.2) is 16.5 Å². The van der Waals surface area contributed by atoms with Gasteiger partial charge in [-0.1, -0.05) is 36.1 Å². The number of phenols is 1. The molecule has 0 bridgehead atoms.